The first-order valence-corrected chi connectivity index (χ1v) is 8.55. The molecule has 0 aliphatic carbocycles. The minimum atomic E-state index is 0.243. The maximum Gasteiger partial charge on any atom is 0.225 e. The first-order valence-electron chi connectivity index (χ1n) is 8.55. The van der Waals surface area contributed by atoms with Gasteiger partial charge in [-0.3, -0.25) is 4.79 Å². The Hall–Kier alpha value is -4.07. The van der Waals surface area contributed by atoms with Gasteiger partial charge in [0.05, 0.1) is 5.69 Å². The number of nitrogens with two attached hydrogens (primary N) is 1. The number of nitrogens with one attached hydrogen (secondary N) is 1. The number of hydrogen-bond acceptors (Lipinski definition) is 7. The van der Waals surface area contributed by atoms with Crippen molar-refractivity contribution in [1.82, 2.24) is 24.7 Å². The van der Waals surface area contributed by atoms with Crippen LogP contribution < -0.4 is 11.1 Å². The van der Waals surface area contributed by atoms with E-state index in [9.17, 15) is 4.79 Å². The summed E-state index contributed by atoms with van der Waals surface area (Å²) >= 11 is 0. The summed E-state index contributed by atoms with van der Waals surface area (Å²) < 4.78 is 1.67. The lowest BCUT2D eigenvalue weighted by Gasteiger charge is -2.06. The molecule has 0 saturated carbocycles. The van der Waals surface area contributed by atoms with Crippen LogP contribution in [0.25, 0.3) is 22.6 Å². The molecule has 138 valence electrons. The third-order valence-corrected chi connectivity index (χ3v) is 4.18. The molecule has 0 aliphatic rings. The highest BCUT2D eigenvalue weighted by atomic mass is 16.1. The van der Waals surface area contributed by atoms with Gasteiger partial charge < -0.3 is 11.1 Å². The topological polar surface area (TPSA) is 112 Å². The van der Waals surface area contributed by atoms with Crippen molar-refractivity contribution in [2.75, 3.05) is 11.1 Å². The van der Waals surface area contributed by atoms with Crippen LogP contribution in [0.3, 0.4) is 0 Å². The first-order chi connectivity index (χ1) is 13.6. The van der Waals surface area contributed by atoms with Gasteiger partial charge in [-0.15, -0.1) is 5.10 Å². The molecule has 0 atom stereocenters. The molecule has 8 nitrogen and oxygen atoms in total. The van der Waals surface area contributed by atoms with Gasteiger partial charge in [-0.25, -0.2) is 14.6 Å². The second-order valence-electron chi connectivity index (χ2n) is 6.12. The Morgan fingerprint density at radius 1 is 0.964 bits per heavy atom. The Morgan fingerprint density at radius 3 is 2.36 bits per heavy atom. The Labute approximate surface area is 161 Å². The van der Waals surface area contributed by atoms with E-state index in [-0.39, 0.29) is 5.95 Å². The molecule has 0 radical (unpaired) electrons. The lowest BCUT2D eigenvalue weighted by molar-refractivity contribution is 0.112. The Kier molecular flexibility index (Phi) is 4.51. The monoisotopic (exact) mass is 371 g/mol. The Morgan fingerprint density at radius 2 is 1.68 bits per heavy atom. The van der Waals surface area contributed by atoms with Crippen LogP contribution in [-0.4, -0.2) is 31.0 Å². The number of carbonyl (C=O) groups excluding carboxylic acids is 1. The number of aromatic nitrogens is 5. The Bertz CT molecular complexity index is 1120. The number of anilines is 3. The molecule has 2 aromatic carbocycles. The summed E-state index contributed by atoms with van der Waals surface area (Å²) in [6.07, 6.45) is 2.44. The second-order valence-corrected chi connectivity index (χ2v) is 6.12. The molecule has 2 heterocycles. The summed E-state index contributed by atoms with van der Waals surface area (Å²) in [4.78, 5) is 23.4. The molecule has 0 spiro atoms. The van der Waals surface area contributed by atoms with E-state index >= 15 is 0 Å². The van der Waals surface area contributed by atoms with Crippen LogP contribution in [0.15, 0.2) is 60.8 Å². The van der Waals surface area contributed by atoms with Crippen molar-refractivity contribution >= 4 is 23.9 Å². The van der Waals surface area contributed by atoms with Crippen molar-refractivity contribution in [2.24, 2.45) is 7.05 Å². The fraction of sp³-hybridized carbons (Fsp3) is 0.0500. The molecular formula is C20H17N7O. The van der Waals surface area contributed by atoms with Crippen LogP contribution in [0, 0.1) is 0 Å². The highest BCUT2D eigenvalue weighted by Gasteiger charge is 2.10. The molecule has 0 saturated heterocycles. The SMILES string of the molecule is Cn1nc(-c2ccc(C=O)cc2)nc1Nc1ccc(-c2ccnc(N)n2)cc1. The van der Waals surface area contributed by atoms with Gasteiger partial charge in [-0.2, -0.15) is 4.98 Å². The zero-order valence-electron chi connectivity index (χ0n) is 15.1. The van der Waals surface area contributed by atoms with Crippen LogP contribution >= 0.6 is 0 Å². The van der Waals surface area contributed by atoms with E-state index in [1.807, 2.05) is 49.5 Å². The van der Waals surface area contributed by atoms with E-state index < -0.39 is 0 Å². The maximum atomic E-state index is 10.8. The smallest absolute Gasteiger partial charge is 0.225 e. The zero-order chi connectivity index (χ0) is 19.5. The molecule has 8 heteroatoms. The number of aryl methyl sites for hydroxylation is 1. The number of benzene rings is 2. The molecule has 0 fully saturated rings. The third-order valence-electron chi connectivity index (χ3n) is 4.18. The van der Waals surface area contributed by atoms with Crippen LogP contribution in [-0.2, 0) is 7.05 Å². The molecule has 0 amide bonds. The van der Waals surface area contributed by atoms with E-state index in [1.54, 1.807) is 23.0 Å². The highest BCUT2D eigenvalue weighted by Crippen LogP contribution is 2.23. The van der Waals surface area contributed by atoms with Crippen molar-refractivity contribution in [3.05, 3.63) is 66.4 Å². The average molecular weight is 371 g/mol. The molecule has 0 bridgehead atoms. The highest BCUT2D eigenvalue weighted by molar-refractivity contribution is 5.76. The van der Waals surface area contributed by atoms with Crippen LogP contribution in [0.4, 0.5) is 17.6 Å². The first kappa shape index (κ1) is 17.3. The van der Waals surface area contributed by atoms with Crippen molar-refractivity contribution in [2.45, 2.75) is 0 Å². The van der Waals surface area contributed by atoms with Gasteiger partial charge in [0, 0.05) is 35.6 Å². The standard InChI is InChI=1S/C20H17N7O/c1-27-20(25-18(26-27)15-4-2-13(12-28)3-5-15)23-16-8-6-14(7-9-16)17-10-11-22-19(21)24-17/h2-12H,1H3,(H2,21,22,24)(H,23,25,26). The lowest BCUT2D eigenvalue weighted by atomic mass is 10.1. The van der Waals surface area contributed by atoms with E-state index in [1.165, 1.54) is 0 Å². The van der Waals surface area contributed by atoms with Crippen molar-refractivity contribution in [3.63, 3.8) is 0 Å². The summed E-state index contributed by atoms with van der Waals surface area (Å²) in [6.45, 7) is 0. The second kappa shape index (κ2) is 7.28. The van der Waals surface area contributed by atoms with E-state index in [4.69, 9.17) is 5.73 Å². The van der Waals surface area contributed by atoms with Gasteiger partial charge in [0.25, 0.3) is 0 Å². The number of nitrogens with zero attached hydrogens (tertiary/aromatic N) is 5. The van der Waals surface area contributed by atoms with E-state index in [0.29, 0.717) is 17.3 Å². The number of carbonyl (C=O) groups is 1. The maximum absolute atomic E-state index is 10.8. The van der Waals surface area contributed by atoms with Crippen molar-refractivity contribution in [1.29, 1.82) is 0 Å². The lowest BCUT2D eigenvalue weighted by Crippen LogP contribution is -2.00. The summed E-state index contributed by atoms with van der Waals surface area (Å²) in [5, 5.41) is 7.68. The predicted molar refractivity (Wildman–Crippen MR) is 107 cm³/mol. The van der Waals surface area contributed by atoms with Gasteiger partial charge in [0.2, 0.25) is 11.9 Å². The molecule has 28 heavy (non-hydrogen) atoms. The molecule has 0 unspecified atom stereocenters. The molecular weight excluding hydrogens is 354 g/mol. The van der Waals surface area contributed by atoms with Gasteiger partial charge in [-0.05, 0) is 18.2 Å². The minimum absolute atomic E-state index is 0.243. The van der Waals surface area contributed by atoms with E-state index in [2.05, 4.69) is 25.4 Å². The average Bonchev–Trinajstić information content (AvgIpc) is 3.09. The van der Waals surface area contributed by atoms with Crippen molar-refractivity contribution < 1.29 is 4.79 Å². The summed E-state index contributed by atoms with van der Waals surface area (Å²) in [6, 6.07) is 16.7. The fourth-order valence-corrected chi connectivity index (χ4v) is 2.71. The van der Waals surface area contributed by atoms with Crippen LogP contribution in [0.5, 0.6) is 0 Å². The fourth-order valence-electron chi connectivity index (χ4n) is 2.71. The quantitative estimate of drug-likeness (QED) is 0.519. The molecule has 3 N–H and O–H groups in total. The number of hydrogen-bond donors (Lipinski definition) is 2. The van der Waals surface area contributed by atoms with Crippen molar-refractivity contribution in [3.8, 4) is 22.6 Å². The largest absolute Gasteiger partial charge is 0.368 e. The summed E-state index contributed by atoms with van der Waals surface area (Å²) in [7, 11) is 1.82. The van der Waals surface area contributed by atoms with Crippen LogP contribution in [0.1, 0.15) is 10.4 Å². The van der Waals surface area contributed by atoms with Gasteiger partial charge in [0.1, 0.15) is 6.29 Å². The van der Waals surface area contributed by atoms with Crippen LogP contribution in [0.2, 0.25) is 0 Å². The number of rotatable bonds is 5. The number of aldehydes is 1. The van der Waals surface area contributed by atoms with Gasteiger partial charge in [0.15, 0.2) is 5.82 Å². The summed E-state index contributed by atoms with van der Waals surface area (Å²) in [5.41, 5.74) is 9.66. The number of nitrogen functional groups attached to an aromatic ring is 1. The van der Waals surface area contributed by atoms with Gasteiger partial charge in [-0.1, -0.05) is 36.4 Å². The molecule has 4 rings (SSSR count). The molecule has 0 aliphatic heterocycles. The minimum Gasteiger partial charge on any atom is -0.368 e. The zero-order valence-corrected chi connectivity index (χ0v) is 15.1. The summed E-state index contributed by atoms with van der Waals surface area (Å²) in [5.74, 6) is 1.43. The molecule has 4 aromatic rings. The van der Waals surface area contributed by atoms with E-state index in [0.717, 1.165) is 28.8 Å². The molecule has 2 aromatic heterocycles. The predicted octanol–water partition coefficient (Wildman–Crippen LogP) is 3.08. The van der Waals surface area contributed by atoms with Gasteiger partial charge >= 0.3 is 0 Å². The Balaban J connectivity index is 1.54. The third kappa shape index (κ3) is 3.56. The normalized spacial score (nSPS) is 10.6.